The van der Waals surface area contributed by atoms with Crippen molar-refractivity contribution in [3.05, 3.63) is 29.3 Å². The highest BCUT2D eigenvalue weighted by Gasteiger charge is 2.35. The number of alkyl halides is 2. The van der Waals surface area contributed by atoms with Crippen LogP contribution < -0.4 is 10.1 Å². The van der Waals surface area contributed by atoms with E-state index in [2.05, 4.69) is 10.1 Å². The van der Waals surface area contributed by atoms with Crippen LogP contribution in [0.15, 0.2) is 18.2 Å². The largest absolute Gasteiger partial charge is 0.435 e. The van der Waals surface area contributed by atoms with E-state index < -0.39 is 6.61 Å². The summed E-state index contributed by atoms with van der Waals surface area (Å²) in [7, 11) is 0. The molecule has 0 radical (unpaired) electrons. The molecule has 0 bridgehead atoms. The van der Waals surface area contributed by atoms with E-state index in [9.17, 15) is 8.78 Å². The van der Waals surface area contributed by atoms with E-state index >= 15 is 0 Å². The summed E-state index contributed by atoms with van der Waals surface area (Å²) in [6.45, 7) is -1.24. The monoisotopic (exact) mass is 241 g/mol. The Morgan fingerprint density at radius 2 is 2.29 bits per heavy atom. The van der Waals surface area contributed by atoms with Crippen molar-refractivity contribution in [1.29, 1.82) is 0 Å². The van der Waals surface area contributed by atoms with Crippen molar-refractivity contribution in [2.45, 2.75) is 25.2 Å². The molecule has 2 atom stereocenters. The van der Waals surface area contributed by atoms with Gasteiger partial charge in [0.25, 0.3) is 0 Å². The average Bonchev–Trinajstić information content (AvgIpc) is 2.65. The van der Waals surface area contributed by atoms with E-state index in [0.29, 0.717) is 6.61 Å². The molecule has 0 unspecified atom stereocenters. The molecular weight excluding hydrogens is 228 g/mol. The standard InChI is InChI=1S/C12H13F2NO2/c13-12(14)17-8-1-2-9-7(5-8)6-10-11(9)15-3-4-16-10/h1-2,5,10-12,15H,3-4,6H2/t10-,11+/m0/s1. The minimum absolute atomic E-state index is 0.126. The molecule has 0 aromatic heterocycles. The number of nitrogens with one attached hydrogen (secondary N) is 1. The van der Waals surface area contributed by atoms with Crippen LogP contribution in [0.25, 0.3) is 0 Å². The predicted octanol–water partition coefficient (Wildman–Crippen LogP) is 1.87. The minimum Gasteiger partial charge on any atom is -0.435 e. The molecule has 1 fully saturated rings. The van der Waals surface area contributed by atoms with Crippen molar-refractivity contribution in [2.75, 3.05) is 13.2 Å². The Bertz CT molecular complexity index is 425. The molecule has 3 nitrogen and oxygen atoms in total. The molecule has 1 aromatic rings. The molecule has 1 aliphatic heterocycles. The first-order valence-corrected chi connectivity index (χ1v) is 5.66. The van der Waals surface area contributed by atoms with Gasteiger partial charge in [0, 0.05) is 13.0 Å². The van der Waals surface area contributed by atoms with Gasteiger partial charge in [-0.05, 0) is 23.3 Å². The summed E-state index contributed by atoms with van der Waals surface area (Å²) in [4.78, 5) is 0. The molecule has 0 saturated carbocycles. The molecule has 1 aromatic carbocycles. The molecule has 5 heteroatoms. The van der Waals surface area contributed by atoms with Gasteiger partial charge in [0.05, 0.1) is 18.8 Å². The number of ether oxygens (including phenoxy) is 2. The predicted molar refractivity (Wildman–Crippen MR) is 57.3 cm³/mol. The topological polar surface area (TPSA) is 30.5 Å². The van der Waals surface area contributed by atoms with Crippen LogP contribution in [0.4, 0.5) is 8.78 Å². The van der Waals surface area contributed by atoms with Crippen LogP contribution in [0.1, 0.15) is 17.2 Å². The highest BCUT2D eigenvalue weighted by atomic mass is 19.3. The Morgan fingerprint density at radius 3 is 3.12 bits per heavy atom. The van der Waals surface area contributed by atoms with Gasteiger partial charge in [0.2, 0.25) is 0 Å². The zero-order valence-electron chi connectivity index (χ0n) is 9.16. The van der Waals surface area contributed by atoms with Gasteiger partial charge in [0.1, 0.15) is 5.75 Å². The SMILES string of the molecule is FC(F)Oc1ccc2c(c1)C[C@@H]1OCCN[C@H]21. The fraction of sp³-hybridized carbons (Fsp3) is 0.500. The van der Waals surface area contributed by atoms with Gasteiger partial charge >= 0.3 is 6.61 Å². The van der Waals surface area contributed by atoms with Crippen molar-refractivity contribution >= 4 is 0 Å². The van der Waals surface area contributed by atoms with Crippen molar-refractivity contribution < 1.29 is 18.3 Å². The van der Waals surface area contributed by atoms with Crippen LogP contribution in [-0.4, -0.2) is 25.9 Å². The van der Waals surface area contributed by atoms with E-state index in [1.165, 1.54) is 0 Å². The Kier molecular flexibility index (Phi) is 2.72. The highest BCUT2D eigenvalue weighted by molar-refractivity contribution is 5.42. The Labute approximate surface area is 97.7 Å². The van der Waals surface area contributed by atoms with E-state index in [-0.39, 0.29) is 17.9 Å². The fourth-order valence-corrected chi connectivity index (χ4v) is 2.59. The fourth-order valence-electron chi connectivity index (χ4n) is 2.59. The van der Waals surface area contributed by atoms with E-state index in [4.69, 9.17) is 4.74 Å². The van der Waals surface area contributed by atoms with Crippen LogP contribution in [0.3, 0.4) is 0 Å². The molecule has 3 rings (SSSR count). The van der Waals surface area contributed by atoms with E-state index in [1.807, 2.05) is 6.07 Å². The van der Waals surface area contributed by atoms with Gasteiger partial charge in [-0.3, -0.25) is 0 Å². The second-order valence-electron chi connectivity index (χ2n) is 4.28. The van der Waals surface area contributed by atoms with Crippen LogP contribution in [0, 0.1) is 0 Å². The van der Waals surface area contributed by atoms with Crippen molar-refractivity contribution in [3.63, 3.8) is 0 Å². The number of fused-ring (bicyclic) bond motifs is 3. The van der Waals surface area contributed by atoms with Crippen molar-refractivity contribution in [2.24, 2.45) is 0 Å². The number of benzene rings is 1. The third-order valence-corrected chi connectivity index (χ3v) is 3.27. The molecule has 2 aliphatic rings. The van der Waals surface area contributed by atoms with E-state index in [0.717, 1.165) is 24.1 Å². The first kappa shape index (κ1) is 10.9. The quantitative estimate of drug-likeness (QED) is 0.857. The number of hydrogen-bond donors (Lipinski definition) is 1. The maximum atomic E-state index is 12.1. The van der Waals surface area contributed by atoms with Crippen molar-refractivity contribution in [1.82, 2.24) is 5.32 Å². The van der Waals surface area contributed by atoms with Crippen LogP contribution in [-0.2, 0) is 11.2 Å². The lowest BCUT2D eigenvalue weighted by molar-refractivity contribution is -0.0498. The number of halogens is 2. The Hall–Kier alpha value is -1.20. The normalized spacial score (nSPS) is 26.8. The van der Waals surface area contributed by atoms with Gasteiger partial charge in [-0.2, -0.15) is 8.78 Å². The van der Waals surface area contributed by atoms with Crippen LogP contribution >= 0.6 is 0 Å². The third kappa shape index (κ3) is 2.00. The second kappa shape index (κ2) is 4.23. The third-order valence-electron chi connectivity index (χ3n) is 3.27. The van der Waals surface area contributed by atoms with Crippen LogP contribution in [0.5, 0.6) is 5.75 Å². The molecule has 0 spiro atoms. The summed E-state index contributed by atoms with van der Waals surface area (Å²) in [5, 5.41) is 3.38. The average molecular weight is 241 g/mol. The Balaban J connectivity index is 1.86. The first-order chi connectivity index (χ1) is 8.24. The van der Waals surface area contributed by atoms with Gasteiger partial charge in [-0.1, -0.05) is 6.07 Å². The summed E-state index contributed by atoms with van der Waals surface area (Å²) in [5.74, 6) is 0.220. The molecule has 1 saturated heterocycles. The molecule has 1 N–H and O–H groups in total. The van der Waals surface area contributed by atoms with E-state index in [1.54, 1.807) is 12.1 Å². The molecule has 1 heterocycles. The first-order valence-electron chi connectivity index (χ1n) is 5.66. The van der Waals surface area contributed by atoms with Crippen molar-refractivity contribution in [3.8, 4) is 5.75 Å². The molecule has 0 amide bonds. The number of hydrogen-bond acceptors (Lipinski definition) is 3. The zero-order chi connectivity index (χ0) is 11.8. The Morgan fingerprint density at radius 1 is 1.41 bits per heavy atom. The smallest absolute Gasteiger partial charge is 0.387 e. The number of morpholine rings is 1. The molecule has 17 heavy (non-hydrogen) atoms. The van der Waals surface area contributed by atoms with Gasteiger partial charge in [-0.15, -0.1) is 0 Å². The molecular formula is C12H13F2NO2. The van der Waals surface area contributed by atoms with Gasteiger partial charge in [-0.25, -0.2) is 0 Å². The lowest BCUT2D eigenvalue weighted by atomic mass is 10.1. The van der Waals surface area contributed by atoms with Gasteiger partial charge in [0.15, 0.2) is 0 Å². The number of rotatable bonds is 2. The zero-order valence-corrected chi connectivity index (χ0v) is 9.16. The summed E-state index contributed by atoms with van der Waals surface area (Å²) in [6, 6.07) is 5.31. The summed E-state index contributed by atoms with van der Waals surface area (Å²) < 4.78 is 34.3. The lowest BCUT2D eigenvalue weighted by Gasteiger charge is -2.27. The summed E-state index contributed by atoms with van der Waals surface area (Å²) in [5.41, 5.74) is 2.17. The van der Waals surface area contributed by atoms with Crippen LogP contribution in [0.2, 0.25) is 0 Å². The molecule has 92 valence electrons. The lowest BCUT2D eigenvalue weighted by Crippen LogP contribution is -2.39. The summed E-state index contributed by atoms with van der Waals surface area (Å²) in [6.07, 6.45) is 0.883. The summed E-state index contributed by atoms with van der Waals surface area (Å²) >= 11 is 0. The maximum Gasteiger partial charge on any atom is 0.387 e. The van der Waals surface area contributed by atoms with Gasteiger partial charge < -0.3 is 14.8 Å². The maximum absolute atomic E-state index is 12.1. The minimum atomic E-state index is -2.77. The molecule has 1 aliphatic carbocycles. The second-order valence-corrected chi connectivity index (χ2v) is 4.28. The highest BCUT2D eigenvalue weighted by Crippen LogP contribution is 2.36.